The van der Waals surface area contributed by atoms with E-state index in [9.17, 15) is 9.18 Å². The molecule has 5 heteroatoms. The predicted octanol–water partition coefficient (Wildman–Crippen LogP) is 2.97. The van der Waals surface area contributed by atoms with Crippen molar-refractivity contribution in [1.29, 1.82) is 5.26 Å². The lowest BCUT2D eigenvalue weighted by Gasteiger charge is -2.08. The Morgan fingerprint density at radius 3 is 2.75 bits per heavy atom. The molecule has 0 fully saturated rings. The summed E-state index contributed by atoms with van der Waals surface area (Å²) in [6.07, 6.45) is 0. The number of hydrogen-bond acceptors (Lipinski definition) is 3. The van der Waals surface area contributed by atoms with Crippen molar-refractivity contribution in [2.24, 2.45) is 0 Å². The van der Waals surface area contributed by atoms with Gasteiger partial charge in [-0.3, -0.25) is 0 Å². The first-order valence-corrected chi connectivity index (χ1v) is 5.75. The summed E-state index contributed by atoms with van der Waals surface area (Å²) < 4.78 is 19.1. The van der Waals surface area contributed by atoms with Gasteiger partial charge in [0.1, 0.15) is 24.2 Å². The maximum Gasteiger partial charge on any atom is 0.335 e. The molecule has 2 aromatic rings. The van der Waals surface area contributed by atoms with Crippen LogP contribution in [-0.4, -0.2) is 11.1 Å². The Kier molecular flexibility index (Phi) is 3.96. The van der Waals surface area contributed by atoms with Gasteiger partial charge in [0.15, 0.2) is 0 Å². The van der Waals surface area contributed by atoms with E-state index < -0.39 is 11.8 Å². The van der Waals surface area contributed by atoms with Crippen LogP contribution in [0, 0.1) is 17.1 Å². The molecule has 0 atom stereocenters. The summed E-state index contributed by atoms with van der Waals surface area (Å²) >= 11 is 0. The van der Waals surface area contributed by atoms with Crippen molar-refractivity contribution in [2.75, 3.05) is 0 Å². The van der Waals surface area contributed by atoms with Crippen LogP contribution in [0.15, 0.2) is 42.5 Å². The molecule has 0 radical (unpaired) electrons. The summed E-state index contributed by atoms with van der Waals surface area (Å²) in [5, 5.41) is 17.6. The molecule has 0 aliphatic heterocycles. The number of ether oxygens (including phenoxy) is 1. The molecule has 4 nitrogen and oxygen atoms in total. The smallest absolute Gasteiger partial charge is 0.335 e. The van der Waals surface area contributed by atoms with Crippen molar-refractivity contribution in [1.82, 2.24) is 0 Å². The number of nitriles is 1. The fourth-order valence-corrected chi connectivity index (χ4v) is 1.66. The second kappa shape index (κ2) is 5.85. The molecule has 0 saturated heterocycles. The monoisotopic (exact) mass is 271 g/mol. The Morgan fingerprint density at radius 2 is 2.05 bits per heavy atom. The molecule has 2 rings (SSSR count). The van der Waals surface area contributed by atoms with Crippen LogP contribution >= 0.6 is 0 Å². The van der Waals surface area contributed by atoms with Gasteiger partial charge < -0.3 is 9.84 Å². The van der Waals surface area contributed by atoms with Gasteiger partial charge >= 0.3 is 5.97 Å². The highest BCUT2D eigenvalue weighted by Crippen LogP contribution is 2.18. The van der Waals surface area contributed by atoms with Crippen molar-refractivity contribution in [2.45, 2.75) is 6.61 Å². The third kappa shape index (κ3) is 2.93. The van der Waals surface area contributed by atoms with Crippen LogP contribution in [-0.2, 0) is 6.61 Å². The number of hydrogen-bond donors (Lipinski definition) is 1. The van der Waals surface area contributed by atoms with E-state index in [-0.39, 0.29) is 23.3 Å². The number of benzene rings is 2. The zero-order chi connectivity index (χ0) is 14.5. The summed E-state index contributed by atoms with van der Waals surface area (Å²) in [7, 11) is 0. The summed E-state index contributed by atoms with van der Waals surface area (Å²) in [5.74, 6) is -1.36. The van der Waals surface area contributed by atoms with Gasteiger partial charge in [-0.2, -0.15) is 5.26 Å². The van der Waals surface area contributed by atoms with Crippen molar-refractivity contribution < 1.29 is 19.0 Å². The number of aromatic carboxylic acids is 1. The summed E-state index contributed by atoms with van der Waals surface area (Å²) in [6, 6.07) is 12.1. The molecule has 0 bridgehead atoms. The number of carboxylic acid groups (broad SMARTS) is 1. The largest absolute Gasteiger partial charge is 0.489 e. The lowest BCUT2D eigenvalue weighted by molar-refractivity contribution is 0.0696. The van der Waals surface area contributed by atoms with E-state index in [1.165, 1.54) is 24.3 Å². The highest BCUT2D eigenvalue weighted by molar-refractivity contribution is 5.87. The van der Waals surface area contributed by atoms with Crippen molar-refractivity contribution in [3.63, 3.8) is 0 Å². The number of halogens is 1. The molecule has 0 unspecified atom stereocenters. The number of rotatable bonds is 4. The molecule has 100 valence electrons. The first-order valence-electron chi connectivity index (χ1n) is 5.75. The van der Waals surface area contributed by atoms with Gasteiger partial charge in [-0.25, -0.2) is 9.18 Å². The molecule has 0 aromatic heterocycles. The predicted molar refractivity (Wildman–Crippen MR) is 68.8 cm³/mol. The second-order valence-corrected chi connectivity index (χ2v) is 4.01. The lowest BCUT2D eigenvalue weighted by atomic mass is 10.1. The first-order chi connectivity index (χ1) is 9.61. The van der Waals surface area contributed by atoms with Crippen LogP contribution in [0.25, 0.3) is 0 Å². The van der Waals surface area contributed by atoms with E-state index in [1.807, 2.05) is 0 Å². The molecule has 0 spiro atoms. The minimum absolute atomic E-state index is 0.0506. The quantitative estimate of drug-likeness (QED) is 0.928. The van der Waals surface area contributed by atoms with E-state index in [0.717, 1.165) is 0 Å². The molecular weight excluding hydrogens is 261 g/mol. The van der Waals surface area contributed by atoms with Crippen molar-refractivity contribution >= 4 is 5.97 Å². The molecule has 0 aliphatic carbocycles. The van der Waals surface area contributed by atoms with Crippen LogP contribution in [0.4, 0.5) is 4.39 Å². The van der Waals surface area contributed by atoms with Gasteiger partial charge in [0.25, 0.3) is 0 Å². The Morgan fingerprint density at radius 1 is 1.30 bits per heavy atom. The number of carboxylic acids is 1. The zero-order valence-corrected chi connectivity index (χ0v) is 10.3. The highest BCUT2D eigenvalue weighted by atomic mass is 19.1. The molecule has 0 aliphatic rings. The van der Waals surface area contributed by atoms with Crippen LogP contribution in [0.2, 0.25) is 0 Å². The average Bonchev–Trinajstić information content (AvgIpc) is 2.46. The summed E-state index contributed by atoms with van der Waals surface area (Å²) in [4.78, 5) is 10.8. The minimum Gasteiger partial charge on any atom is -0.489 e. The molecule has 2 aromatic carbocycles. The normalized spacial score (nSPS) is 9.80. The van der Waals surface area contributed by atoms with Crippen LogP contribution < -0.4 is 4.74 Å². The van der Waals surface area contributed by atoms with E-state index in [0.29, 0.717) is 5.75 Å². The topological polar surface area (TPSA) is 70.3 Å². The Labute approximate surface area is 114 Å². The van der Waals surface area contributed by atoms with Crippen molar-refractivity contribution in [3.8, 4) is 11.8 Å². The summed E-state index contributed by atoms with van der Waals surface area (Å²) in [6.45, 7) is -0.0789. The Hall–Kier alpha value is -2.87. The molecule has 20 heavy (non-hydrogen) atoms. The number of carbonyl (C=O) groups is 1. The number of nitrogens with zero attached hydrogens (tertiary/aromatic N) is 1. The van der Waals surface area contributed by atoms with Gasteiger partial charge in [0.05, 0.1) is 11.1 Å². The summed E-state index contributed by atoms with van der Waals surface area (Å²) in [5.41, 5.74) is 0.281. The maximum absolute atomic E-state index is 13.8. The van der Waals surface area contributed by atoms with Gasteiger partial charge in [-0.05, 0) is 24.3 Å². The van der Waals surface area contributed by atoms with Gasteiger partial charge in [0, 0.05) is 5.56 Å². The maximum atomic E-state index is 13.8. The van der Waals surface area contributed by atoms with Gasteiger partial charge in [0.2, 0.25) is 0 Å². The molecule has 0 saturated carbocycles. The average molecular weight is 271 g/mol. The second-order valence-electron chi connectivity index (χ2n) is 4.01. The molecule has 0 amide bonds. The molecule has 1 N–H and O–H groups in total. The van der Waals surface area contributed by atoms with Gasteiger partial charge in [-0.1, -0.05) is 18.2 Å². The fourth-order valence-electron chi connectivity index (χ4n) is 1.66. The minimum atomic E-state index is -1.06. The fraction of sp³-hybridized carbons (Fsp3) is 0.0667. The third-order valence-electron chi connectivity index (χ3n) is 2.67. The van der Waals surface area contributed by atoms with Crippen LogP contribution in [0.1, 0.15) is 21.5 Å². The van der Waals surface area contributed by atoms with Crippen LogP contribution in [0.5, 0.6) is 5.75 Å². The Balaban J connectivity index is 2.15. The lowest BCUT2D eigenvalue weighted by Crippen LogP contribution is -2.01. The SMILES string of the molecule is N#Cc1cccc(COc2cccc(C(=O)O)c2)c1F. The first kappa shape index (κ1) is 13.6. The highest BCUT2D eigenvalue weighted by Gasteiger charge is 2.09. The molecule has 0 heterocycles. The van der Waals surface area contributed by atoms with E-state index in [1.54, 1.807) is 24.3 Å². The standard InChI is InChI=1S/C15H10FNO3/c16-14-11(8-17)4-1-5-12(14)9-20-13-6-2-3-10(7-13)15(18)19/h1-7H,9H2,(H,18,19). The van der Waals surface area contributed by atoms with Crippen LogP contribution in [0.3, 0.4) is 0 Å². The third-order valence-corrected chi connectivity index (χ3v) is 2.67. The van der Waals surface area contributed by atoms with E-state index >= 15 is 0 Å². The zero-order valence-electron chi connectivity index (χ0n) is 10.3. The van der Waals surface area contributed by atoms with Gasteiger partial charge in [-0.15, -0.1) is 0 Å². The van der Waals surface area contributed by atoms with E-state index in [2.05, 4.69) is 0 Å². The Bertz CT molecular complexity index is 692. The molecular formula is C15H10FNO3. The van der Waals surface area contributed by atoms with E-state index in [4.69, 9.17) is 15.1 Å². The van der Waals surface area contributed by atoms with Crippen molar-refractivity contribution in [3.05, 3.63) is 65.0 Å².